The lowest BCUT2D eigenvalue weighted by Crippen LogP contribution is -2.46. The molecule has 1 fully saturated rings. The first-order valence-corrected chi connectivity index (χ1v) is 7.37. The van der Waals surface area contributed by atoms with Crippen LogP contribution < -0.4 is 10.5 Å². The number of aryl methyl sites for hydroxylation is 1. The normalized spacial score (nSPS) is 31.2. The van der Waals surface area contributed by atoms with E-state index in [1.165, 1.54) is 24.0 Å². The van der Waals surface area contributed by atoms with Crippen molar-refractivity contribution in [1.29, 1.82) is 0 Å². The van der Waals surface area contributed by atoms with Gasteiger partial charge in [-0.05, 0) is 55.9 Å². The maximum atomic E-state index is 6.08. The smallest absolute Gasteiger partial charge is 0.119 e. The van der Waals surface area contributed by atoms with Crippen LogP contribution in [-0.4, -0.2) is 30.6 Å². The van der Waals surface area contributed by atoms with Gasteiger partial charge in [0.1, 0.15) is 5.75 Å². The van der Waals surface area contributed by atoms with E-state index in [9.17, 15) is 0 Å². The maximum absolute atomic E-state index is 6.08. The highest BCUT2D eigenvalue weighted by Crippen LogP contribution is 2.40. The molecule has 3 unspecified atom stereocenters. The largest absolute Gasteiger partial charge is 0.497 e. The Morgan fingerprint density at radius 3 is 2.89 bits per heavy atom. The Morgan fingerprint density at radius 2 is 2.16 bits per heavy atom. The number of piperidine rings is 1. The number of nitrogens with two attached hydrogens (primary N) is 1. The fourth-order valence-electron chi connectivity index (χ4n) is 3.72. The van der Waals surface area contributed by atoms with E-state index in [2.05, 4.69) is 30.0 Å². The van der Waals surface area contributed by atoms with Crippen molar-refractivity contribution in [3.63, 3.8) is 0 Å². The lowest BCUT2D eigenvalue weighted by molar-refractivity contribution is 0.0957. The summed E-state index contributed by atoms with van der Waals surface area (Å²) in [7, 11) is 1.74. The SMILES string of the molecule is COc1ccc2c(c1)C(N1CCC(N)CC1C)CC2. The summed E-state index contributed by atoms with van der Waals surface area (Å²) in [6.45, 7) is 3.45. The molecule has 3 nitrogen and oxygen atoms in total. The van der Waals surface area contributed by atoms with Crippen LogP contribution in [0.2, 0.25) is 0 Å². The third kappa shape index (κ3) is 2.37. The zero-order valence-corrected chi connectivity index (χ0v) is 11.9. The van der Waals surface area contributed by atoms with E-state index in [0.717, 1.165) is 25.1 Å². The van der Waals surface area contributed by atoms with Gasteiger partial charge in [-0.15, -0.1) is 0 Å². The standard InChI is InChI=1S/C16H24N2O/c1-11-9-13(17)7-8-18(11)16-6-4-12-3-5-14(19-2)10-15(12)16/h3,5,10-11,13,16H,4,6-9,17H2,1-2H3. The Labute approximate surface area is 115 Å². The van der Waals surface area contributed by atoms with Crippen molar-refractivity contribution in [3.05, 3.63) is 29.3 Å². The molecule has 3 atom stereocenters. The topological polar surface area (TPSA) is 38.5 Å². The molecular formula is C16H24N2O. The Kier molecular flexibility index (Phi) is 3.50. The molecule has 3 heteroatoms. The second-order valence-electron chi connectivity index (χ2n) is 5.99. The van der Waals surface area contributed by atoms with Gasteiger partial charge in [-0.1, -0.05) is 6.07 Å². The van der Waals surface area contributed by atoms with E-state index in [1.54, 1.807) is 7.11 Å². The summed E-state index contributed by atoms with van der Waals surface area (Å²) in [4.78, 5) is 2.65. The summed E-state index contributed by atoms with van der Waals surface area (Å²) in [5.41, 5.74) is 9.05. The van der Waals surface area contributed by atoms with Gasteiger partial charge in [0.05, 0.1) is 7.11 Å². The molecule has 3 rings (SSSR count). The molecule has 0 aromatic heterocycles. The first-order chi connectivity index (χ1) is 9.19. The van der Waals surface area contributed by atoms with Crippen LogP contribution in [0.5, 0.6) is 5.75 Å². The molecule has 0 saturated carbocycles. The van der Waals surface area contributed by atoms with Gasteiger partial charge >= 0.3 is 0 Å². The van der Waals surface area contributed by atoms with E-state index < -0.39 is 0 Å². The molecule has 1 saturated heterocycles. The Morgan fingerprint density at radius 1 is 1.32 bits per heavy atom. The van der Waals surface area contributed by atoms with Crippen LogP contribution in [0.25, 0.3) is 0 Å². The number of fused-ring (bicyclic) bond motifs is 1. The molecule has 2 aliphatic rings. The third-order valence-electron chi connectivity index (χ3n) is 4.77. The molecule has 1 aliphatic carbocycles. The predicted octanol–water partition coefficient (Wildman–Crippen LogP) is 2.49. The molecule has 19 heavy (non-hydrogen) atoms. The number of hydrogen-bond donors (Lipinski definition) is 1. The van der Waals surface area contributed by atoms with E-state index in [-0.39, 0.29) is 0 Å². The highest BCUT2D eigenvalue weighted by molar-refractivity contribution is 5.41. The van der Waals surface area contributed by atoms with Gasteiger partial charge in [-0.2, -0.15) is 0 Å². The fourth-order valence-corrected chi connectivity index (χ4v) is 3.72. The molecule has 1 aromatic carbocycles. The second kappa shape index (κ2) is 5.14. The zero-order valence-electron chi connectivity index (χ0n) is 11.9. The van der Waals surface area contributed by atoms with Crippen LogP contribution >= 0.6 is 0 Å². The third-order valence-corrected chi connectivity index (χ3v) is 4.77. The molecule has 0 spiro atoms. The van der Waals surface area contributed by atoms with Gasteiger partial charge < -0.3 is 10.5 Å². The molecular weight excluding hydrogens is 236 g/mol. The minimum absolute atomic E-state index is 0.387. The highest BCUT2D eigenvalue weighted by atomic mass is 16.5. The average molecular weight is 260 g/mol. The van der Waals surface area contributed by atoms with Crippen LogP contribution in [0, 0.1) is 0 Å². The molecule has 0 bridgehead atoms. The number of hydrogen-bond acceptors (Lipinski definition) is 3. The second-order valence-corrected chi connectivity index (χ2v) is 5.99. The summed E-state index contributed by atoms with van der Waals surface area (Å²) < 4.78 is 5.38. The summed E-state index contributed by atoms with van der Waals surface area (Å²) in [5, 5.41) is 0. The number of rotatable bonds is 2. The van der Waals surface area contributed by atoms with Crippen molar-refractivity contribution in [1.82, 2.24) is 4.90 Å². The molecule has 2 N–H and O–H groups in total. The van der Waals surface area contributed by atoms with E-state index >= 15 is 0 Å². The van der Waals surface area contributed by atoms with Crippen LogP contribution in [-0.2, 0) is 6.42 Å². The summed E-state index contributed by atoms with van der Waals surface area (Å²) in [6, 6.07) is 8.08. The average Bonchev–Trinajstić information content (AvgIpc) is 2.81. The molecule has 0 radical (unpaired) electrons. The van der Waals surface area contributed by atoms with Crippen LogP contribution in [0.1, 0.15) is 43.4 Å². The predicted molar refractivity (Wildman–Crippen MR) is 77.4 cm³/mol. The highest BCUT2D eigenvalue weighted by Gasteiger charge is 2.33. The Hall–Kier alpha value is -1.06. The van der Waals surface area contributed by atoms with Crippen molar-refractivity contribution < 1.29 is 4.74 Å². The fraction of sp³-hybridized carbons (Fsp3) is 0.625. The maximum Gasteiger partial charge on any atom is 0.119 e. The van der Waals surface area contributed by atoms with Gasteiger partial charge in [-0.25, -0.2) is 0 Å². The lowest BCUT2D eigenvalue weighted by atomic mass is 9.95. The quantitative estimate of drug-likeness (QED) is 0.888. The number of ether oxygens (including phenoxy) is 1. The minimum atomic E-state index is 0.387. The van der Waals surface area contributed by atoms with Gasteiger partial charge in [0.25, 0.3) is 0 Å². The number of benzene rings is 1. The minimum Gasteiger partial charge on any atom is -0.497 e. The first kappa shape index (κ1) is 12.9. The van der Waals surface area contributed by atoms with Gasteiger partial charge in [0.2, 0.25) is 0 Å². The van der Waals surface area contributed by atoms with E-state index in [4.69, 9.17) is 10.5 Å². The van der Waals surface area contributed by atoms with Crippen LogP contribution in [0.4, 0.5) is 0 Å². The lowest BCUT2D eigenvalue weighted by Gasteiger charge is -2.40. The number of methoxy groups -OCH3 is 1. The Bertz CT molecular complexity index is 460. The number of likely N-dealkylation sites (tertiary alicyclic amines) is 1. The molecule has 1 aromatic rings. The van der Waals surface area contributed by atoms with E-state index in [0.29, 0.717) is 18.1 Å². The first-order valence-electron chi connectivity index (χ1n) is 7.37. The van der Waals surface area contributed by atoms with Crippen molar-refractivity contribution in [2.24, 2.45) is 5.73 Å². The molecule has 1 aliphatic heterocycles. The molecule has 1 heterocycles. The van der Waals surface area contributed by atoms with Crippen LogP contribution in [0.3, 0.4) is 0 Å². The Balaban J connectivity index is 1.85. The van der Waals surface area contributed by atoms with Crippen LogP contribution in [0.15, 0.2) is 18.2 Å². The summed E-state index contributed by atoms with van der Waals surface area (Å²) >= 11 is 0. The van der Waals surface area contributed by atoms with Crippen molar-refractivity contribution in [2.75, 3.05) is 13.7 Å². The van der Waals surface area contributed by atoms with Gasteiger partial charge in [0.15, 0.2) is 0 Å². The monoisotopic (exact) mass is 260 g/mol. The summed E-state index contributed by atoms with van der Waals surface area (Å²) in [5.74, 6) is 0.979. The molecule has 0 amide bonds. The zero-order chi connectivity index (χ0) is 13.4. The summed E-state index contributed by atoms with van der Waals surface area (Å²) in [6.07, 6.45) is 4.68. The molecule has 104 valence electrons. The van der Waals surface area contributed by atoms with Gasteiger partial charge in [-0.3, -0.25) is 4.90 Å². The van der Waals surface area contributed by atoms with E-state index in [1.807, 2.05) is 0 Å². The van der Waals surface area contributed by atoms with Crippen molar-refractivity contribution in [2.45, 2.75) is 50.7 Å². The van der Waals surface area contributed by atoms with Crippen molar-refractivity contribution in [3.8, 4) is 5.75 Å². The number of nitrogens with zero attached hydrogens (tertiary/aromatic N) is 1. The van der Waals surface area contributed by atoms with Gasteiger partial charge in [0, 0.05) is 24.7 Å². The van der Waals surface area contributed by atoms with Crippen molar-refractivity contribution >= 4 is 0 Å².